The molecule has 4 unspecified atom stereocenters. The van der Waals surface area contributed by atoms with Crippen LogP contribution in [0.4, 0.5) is 0 Å². The van der Waals surface area contributed by atoms with Gasteiger partial charge in [0.25, 0.3) is 0 Å². The second-order valence-electron chi connectivity index (χ2n) is 27.8. The Bertz CT molecular complexity index is 1820. The van der Waals surface area contributed by atoms with Crippen LogP contribution in [0, 0.1) is 23.7 Å². The molecule has 17 nitrogen and oxygen atoms in total. The molecular weight excluding hydrogens is 1210 g/mol. The standard InChI is InChI=1S/C73H142O17P2/c1-9-65(7)51-43-35-27-21-18-19-23-29-39-47-55-72(77)89-69(60-84-71(76)54-46-38-32-31-36-44-52-66(8)10-2)62-88-92(81,82)86-58-67(74)57-85-91(79,80)87-61-68(90-73(78)56-48-40-30-24-26-34-42-50-64(5)6)59-83-70(75)53-45-37-28-22-17-15-13-11-12-14-16-20-25-33-41-49-63(3)4/h63-69,74H,9-62H2,1-8H3,(H,79,80)(H,81,82)/t65?,66?,67-,68-,69-/m1/s1. The van der Waals surface area contributed by atoms with E-state index in [-0.39, 0.29) is 25.7 Å². The predicted octanol–water partition coefficient (Wildman–Crippen LogP) is 20.9. The zero-order chi connectivity index (χ0) is 68.2. The number of rotatable bonds is 70. The van der Waals surface area contributed by atoms with Gasteiger partial charge in [0.15, 0.2) is 12.2 Å². The van der Waals surface area contributed by atoms with Crippen LogP contribution in [0.2, 0.25) is 0 Å². The molecule has 0 aliphatic heterocycles. The highest BCUT2D eigenvalue weighted by Crippen LogP contribution is 2.45. The van der Waals surface area contributed by atoms with Crippen LogP contribution in [-0.2, 0) is 65.4 Å². The van der Waals surface area contributed by atoms with Crippen LogP contribution in [0.15, 0.2) is 0 Å². The lowest BCUT2D eigenvalue weighted by atomic mass is 9.99. The highest BCUT2D eigenvalue weighted by Gasteiger charge is 2.30. The largest absolute Gasteiger partial charge is 0.472 e. The minimum Gasteiger partial charge on any atom is -0.462 e. The van der Waals surface area contributed by atoms with Gasteiger partial charge in [0, 0.05) is 25.7 Å². The molecule has 0 aromatic rings. The van der Waals surface area contributed by atoms with E-state index in [1.807, 2.05) is 0 Å². The van der Waals surface area contributed by atoms with Crippen molar-refractivity contribution >= 4 is 39.5 Å². The number of phosphoric acid groups is 2. The molecule has 0 heterocycles. The van der Waals surface area contributed by atoms with Crippen LogP contribution in [0.3, 0.4) is 0 Å². The molecule has 0 aliphatic rings. The molecule has 0 spiro atoms. The Balaban J connectivity index is 5.20. The average molecular weight is 1350 g/mol. The lowest BCUT2D eigenvalue weighted by Gasteiger charge is -2.21. The molecule has 0 amide bonds. The molecule has 0 rings (SSSR count). The van der Waals surface area contributed by atoms with E-state index in [4.69, 9.17) is 37.0 Å². The highest BCUT2D eigenvalue weighted by molar-refractivity contribution is 7.47. The quantitative estimate of drug-likeness (QED) is 0.0222. The van der Waals surface area contributed by atoms with Gasteiger partial charge in [-0.3, -0.25) is 37.3 Å². The second kappa shape index (κ2) is 62.6. The minimum absolute atomic E-state index is 0.103. The van der Waals surface area contributed by atoms with Crippen LogP contribution in [-0.4, -0.2) is 96.7 Å². The van der Waals surface area contributed by atoms with Crippen LogP contribution >= 0.6 is 15.6 Å². The lowest BCUT2D eigenvalue weighted by molar-refractivity contribution is -0.161. The average Bonchev–Trinajstić information content (AvgIpc) is 2.25. The first-order valence-corrected chi connectivity index (χ1v) is 40.8. The molecule has 546 valence electrons. The van der Waals surface area contributed by atoms with Crippen LogP contribution in [0.1, 0.15) is 364 Å². The molecule has 7 atom stereocenters. The van der Waals surface area contributed by atoms with Crippen LogP contribution < -0.4 is 0 Å². The first-order chi connectivity index (χ1) is 44.2. The summed E-state index contributed by atoms with van der Waals surface area (Å²) in [6.45, 7) is 14.1. The van der Waals surface area contributed by atoms with Crippen LogP contribution in [0.25, 0.3) is 0 Å². The van der Waals surface area contributed by atoms with Gasteiger partial charge in [0.1, 0.15) is 19.3 Å². The minimum atomic E-state index is -4.95. The number of carbonyl (C=O) groups is 4. The van der Waals surface area contributed by atoms with Crippen molar-refractivity contribution in [3.8, 4) is 0 Å². The summed E-state index contributed by atoms with van der Waals surface area (Å²) in [5.74, 6) is 0.907. The summed E-state index contributed by atoms with van der Waals surface area (Å²) < 4.78 is 68.4. The van der Waals surface area contributed by atoms with Gasteiger partial charge in [-0.25, -0.2) is 9.13 Å². The van der Waals surface area contributed by atoms with Crippen molar-refractivity contribution in [3.63, 3.8) is 0 Å². The molecule has 0 radical (unpaired) electrons. The molecule has 0 saturated carbocycles. The molecule has 0 bridgehead atoms. The van der Waals surface area contributed by atoms with Gasteiger partial charge < -0.3 is 33.8 Å². The Morgan fingerprint density at radius 3 is 0.772 bits per heavy atom. The second-order valence-corrected chi connectivity index (χ2v) is 30.7. The molecule has 0 aromatic heterocycles. The van der Waals surface area contributed by atoms with E-state index < -0.39 is 97.5 Å². The van der Waals surface area contributed by atoms with Crippen molar-refractivity contribution in [2.75, 3.05) is 39.6 Å². The first kappa shape index (κ1) is 90.1. The first-order valence-electron chi connectivity index (χ1n) is 37.8. The third kappa shape index (κ3) is 64.1. The number of aliphatic hydroxyl groups is 1. The van der Waals surface area contributed by atoms with E-state index >= 15 is 0 Å². The van der Waals surface area contributed by atoms with E-state index in [1.54, 1.807) is 0 Å². The number of phosphoric ester groups is 2. The fraction of sp³-hybridized carbons (Fsp3) is 0.945. The number of ether oxygens (including phenoxy) is 4. The molecule has 92 heavy (non-hydrogen) atoms. The van der Waals surface area contributed by atoms with Crippen molar-refractivity contribution < 1.29 is 80.2 Å². The van der Waals surface area contributed by atoms with Gasteiger partial charge in [-0.15, -0.1) is 0 Å². The number of aliphatic hydroxyl groups excluding tert-OH is 1. The number of unbranched alkanes of at least 4 members (excludes halogenated alkanes) is 34. The number of hydrogen-bond acceptors (Lipinski definition) is 15. The Kier molecular flexibility index (Phi) is 61.3. The van der Waals surface area contributed by atoms with E-state index in [0.29, 0.717) is 31.6 Å². The van der Waals surface area contributed by atoms with Crippen molar-refractivity contribution in [3.05, 3.63) is 0 Å². The van der Waals surface area contributed by atoms with E-state index in [0.717, 1.165) is 114 Å². The van der Waals surface area contributed by atoms with Crippen molar-refractivity contribution in [1.82, 2.24) is 0 Å². The van der Waals surface area contributed by atoms with E-state index in [1.165, 1.54) is 161 Å². The summed E-state index contributed by atoms with van der Waals surface area (Å²) in [4.78, 5) is 72.6. The maximum atomic E-state index is 13.0. The summed E-state index contributed by atoms with van der Waals surface area (Å²) in [6.07, 6.45) is 45.9. The Hall–Kier alpha value is -1.94. The van der Waals surface area contributed by atoms with Gasteiger partial charge in [-0.2, -0.15) is 0 Å². The smallest absolute Gasteiger partial charge is 0.462 e. The SMILES string of the molecule is CCC(C)CCCCCCCCCCCCC(=O)O[C@H](COC(=O)CCCCCCCCC(C)CC)COP(=O)(O)OC[C@H](O)COP(=O)(O)OC[C@@H](COC(=O)CCCCCCCCCCCCCCCCCC(C)C)OC(=O)CCCCCCCCCC(C)C. The maximum absolute atomic E-state index is 13.0. The highest BCUT2D eigenvalue weighted by atomic mass is 31.2. The Labute approximate surface area is 562 Å². The lowest BCUT2D eigenvalue weighted by Crippen LogP contribution is -2.30. The summed E-state index contributed by atoms with van der Waals surface area (Å²) in [5.41, 5.74) is 0. The zero-order valence-corrected chi connectivity index (χ0v) is 62.0. The Morgan fingerprint density at radius 2 is 0.522 bits per heavy atom. The van der Waals surface area contributed by atoms with E-state index in [2.05, 4.69) is 55.4 Å². The summed E-state index contributed by atoms with van der Waals surface area (Å²) in [7, 11) is -9.91. The predicted molar refractivity (Wildman–Crippen MR) is 372 cm³/mol. The van der Waals surface area contributed by atoms with Gasteiger partial charge in [-0.05, 0) is 49.4 Å². The molecule has 0 aliphatic carbocycles. The summed E-state index contributed by atoms with van der Waals surface area (Å²) >= 11 is 0. The van der Waals surface area contributed by atoms with Crippen molar-refractivity contribution in [2.24, 2.45) is 23.7 Å². The van der Waals surface area contributed by atoms with Crippen molar-refractivity contribution in [1.29, 1.82) is 0 Å². The molecule has 3 N–H and O–H groups in total. The summed E-state index contributed by atoms with van der Waals surface area (Å²) in [6, 6.07) is 0. The molecule has 0 saturated heterocycles. The monoisotopic (exact) mass is 1350 g/mol. The maximum Gasteiger partial charge on any atom is 0.472 e. The van der Waals surface area contributed by atoms with Crippen molar-refractivity contribution in [2.45, 2.75) is 382 Å². The molecular formula is C73H142O17P2. The molecule has 0 fully saturated rings. The Morgan fingerprint density at radius 1 is 0.304 bits per heavy atom. The summed E-state index contributed by atoms with van der Waals surface area (Å²) in [5, 5.41) is 10.6. The number of carbonyl (C=O) groups excluding carboxylic acids is 4. The topological polar surface area (TPSA) is 237 Å². The fourth-order valence-electron chi connectivity index (χ4n) is 11.0. The van der Waals surface area contributed by atoms with Gasteiger partial charge >= 0.3 is 39.5 Å². The normalized spacial score (nSPS) is 14.8. The number of hydrogen-bond donors (Lipinski definition) is 3. The number of esters is 4. The van der Waals surface area contributed by atoms with Gasteiger partial charge in [0.05, 0.1) is 26.4 Å². The van der Waals surface area contributed by atoms with E-state index in [9.17, 15) is 43.2 Å². The third-order valence-electron chi connectivity index (χ3n) is 17.5. The molecule has 0 aromatic carbocycles. The fourth-order valence-corrected chi connectivity index (χ4v) is 12.5. The van der Waals surface area contributed by atoms with Gasteiger partial charge in [0.2, 0.25) is 0 Å². The van der Waals surface area contributed by atoms with Crippen LogP contribution in [0.5, 0.6) is 0 Å². The zero-order valence-electron chi connectivity index (χ0n) is 60.2. The third-order valence-corrected chi connectivity index (χ3v) is 19.4. The van der Waals surface area contributed by atoms with Gasteiger partial charge in [-0.1, -0.05) is 312 Å². The molecule has 19 heteroatoms.